The van der Waals surface area contributed by atoms with Gasteiger partial charge in [-0.1, -0.05) is 11.2 Å². The van der Waals surface area contributed by atoms with E-state index >= 15 is 0 Å². The van der Waals surface area contributed by atoms with E-state index in [0.717, 1.165) is 6.07 Å². The van der Waals surface area contributed by atoms with Crippen molar-refractivity contribution in [1.29, 1.82) is 0 Å². The number of fused-ring (bicyclic) bond motifs is 1. The Balaban J connectivity index is 1.57. The van der Waals surface area contributed by atoms with Crippen LogP contribution < -0.4 is 0 Å². The molecular weight excluding hydrogens is 454 g/mol. The fraction of sp³-hybridized carbons (Fsp3) is 0.158. The summed E-state index contributed by atoms with van der Waals surface area (Å²) in [6, 6.07) is 7.97. The third kappa shape index (κ3) is 4.51. The third-order valence-corrected chi connectivity index (χ3v) is 5.95. The number of rotatable bonds is 4. The summed E-state index contributed by atoms with van der Waals surface area (Å²) in [5.74, 6) is -3.05. The molecule has 0 bridgehead atoms. The van der Waals surface area contributed by atoms with Crippen molar-refractivity contribution in [3.8, 4) is 11.4 Å². The molecule has 0 aliphatic heterocycles. The highest BCUT2D eigenvalue weighted by molar-refractivity contribution is 7.93. The van der Waals surface area contributed by atoms with Crippen molar-refractivity contribution in [2.45, 2.75) is 17.5 Å². The fourth-order valence-electron chi connectivity index (χ4n) is 2.85. The summed E-state index contributed by atoms with van der Waals surface area (Å²) in [5.41, 5.74) is 0.923. The molecule has 3 heterocycles. The molecule has 0 spiro atoms. The van der Waals surface area contributed by atoms with Gasteiger partial charge in [0.05, 0.1) is 26.7 Å². The largest absolute Gasteiger partial charge is 0.471 e. The van der Waals surface area contributed by atoms with Crippen LogP contribution in [0, 0.1) is 5.82 Å². The van der Waals surface area contributed by atoms with E-state index in [0.29, 0.717) is 5.65 Å². The van der Waals surface area contributed by atoms with Crippen LogP contribution in [0.5, 0.6) is 0 Å². The van der Waals surface area contributed by atoms with Crippen LogP contribution in [0.4, 0.5) is 17.6 Å². The molecule has 1 unspecified atom stereocenters. The number of aromatic nitrogens is 4. The molecule has 0 saturated heterocycles. The maximum absolute atomic E-state index is 13.4. The molecule has 0 aliphatic rings. The Morgan fingerprint density at radius 3 is 2.66 bits per heavy atom. The van der Waals surface area contributed by atoms with Crippen molar-refractivity contribution in [1.82, 2.24) is 19.5 Å². The van der Waals surface area contributed by atoms with Gasteiger partial charge >= 0.3 is 12.1 Å². The van der Waals surface area contributed by atoms with Gasteiger partial charge in [-0.3, -0.25) is 4.79 Å². The number of alkyl halides is 3. The number of hydrogen-bond donors (Lipinski definition) is 0. The molecule has 0 radical (unpaired) electrons. The Hall–Kier alpha value is -3.61. The molecule has 4 rings (SSSR count). The third-order valence-electron chi connectivity index (χ3n) is 4.27. The van der Waals surface area contributed by atoms with Gasteiger partial charge in [0.1, 0.15) is 11.5 Å². The zero-order valence-corrected chi connectivity index (χ0v) is 17.0. The average molecular weight is 467 g/mol. The fourth-order valence-corrected chi connectivity index (χ4v) is 4.08. The molecule has 0 saturated carbocycles. The van der Waals surface area contributed by atoms with Gasteiger partial charge in [0.15, 0.2) is 0 Å². The van der Waals surface area contributed by atoms with E-state index in [9.17, 15) is 26.6 Å². The van der Waals surface area contributed by atoms with Crippen molar-refractivity contribution in [2.75, 3.05) is 6.26 Å². The molecule has 1 atom stereocenters. The molecule has 166 valence electrons. The van der Waals surface area contributed by atoms with Crippen LogP contribution in [0.1, 0.15) is 11.6 Å². The second-order valence-electron chi connectivity index (χ2n) is 6.76. The van der Waals surface area contributed by atoms with Gasteiger partial charge in [-0.2, -0.15) is 22.5 Å². The van der Waals surface area contributed by atoms with Crippen LogP contribution in [0.2, 0.25) is 0 Å². The first kappa shape index (κ1) is 21.6. The monoisotopic (exact) mass is 467 g/mol. The van der Waals surface area contributed by atoms with Crippen molar-refractivity contribution in [3.63, 3.8) is 0 Å². The molecule has 13 heteroatoms. The second-order valence-corrected chi connectivity index (χ2v) is 9.02. The summed E-state index contributed by atoms with van der Waals surface area (Å²) in [6.45, 7) is 0. The number of amides is 1. The minimum atomic E-state index is -4.76. The van der Waals surface area contributed by atoms with Gasteiger partial charge in [0.25, 0.3) is 5.91 Å². The number of nitrogens with zero attached hydrogens (tertiary/aromatic N) is 5. The molecule has 0 aliphatic carbocycles. The average Bonchev–Trinajstić information content (AvgIpc) is 3.33. The van der Waals surface area contributed by atoms with Crippen LogP contribution in [0.15, 0.2) is 62.6 Å². The van der Waals surface area contributed by atoms with Gasteiger partial charge in [0, 0.05) is 24.2 Å². The second kappa shape index (κ2) is 7.82. The van der Waals surface area contributed by atoms with Gasteiger partial charge in [-0.05, 0) is 30.3 Å². The number of carbonyl (C=O) groups excluding carboxylic acids is 1. The zero-order chi connectivity index (χ0) is 23.1. The summed E-state index contributed by atoms with van der Waals surface area (Å²) in [7, 11) is -3.15. The molecule has 8 nitrogen and oxygen atoms in total. The molecule has 4 aromatic rings. The lowest BCUT2D eigenvalue weighted by atomic mass is 10.3. The highest BCUT2D eigenvalue weighted by atomic mass is 32.2. The highest BCUT2D eigenvalue weighted by Gasteiger charge is 2.38. The van der Waals surface area contributed by atoms with Gasteiger partial charge < -0.3 is 8.92 Å². The molecule has 1 aromatic carbocycles. The van der Waals surface area contributed by atoms with Crippen LogP contribution in [-0.2, 0) is 27.1 Å². The highest BCUT2D eigenvalue weighted by Crippen LogP contribution is 2.29. The lowest BCUT2D eigenvalue weighted by molar-refractivity contribution is -0.159. The Morgan fingerprint density at radius 1 is 1.19 bits per heavy atom. The lowest BCUT2D eigenvalue weighted by Gasteiger charge is -2.03. The van der Waals surface area contributed by atoms with E-state index in [-0.39, 0.29) is 28.4 Å². The molecule has 0 fully saturated rings. The predicted octanol–water partition coefficient (Wildman–Crippen LogP) is 3.77. The molecule has 1 amide bonds. The van der Waals surface area contributed by atoms with Crippen molar-refractivity contribution < 1.29 is 31.1 Å². The first-order chi connectivity index (χ1) is 15.0. The number of imidazole rings is 1. The van der Waals surface area contributed by atoms with Crippen LogP contribution in [0.25, 0.3) is 17.0 Å². The summed E-state index contributed by atoms with van der Waals surface area (Å²) >= 11 is 0. The maximum atomic E-state index is 13.4. The smallest absolute Gasteiger partial charge is 0.329 e. The lowest BCUT2D eigenvalue weighted by Crippen LogP contribution is -2.06. The standard InChI is InChI=1S/C19H13F4N5O3S/c1-32(30,14-4-2-3-12(20)7-14)27-16(29)8-13-10-28-9-11(5-6-15(28)24-13)17-25-18(31-26-17)19(21,22)23/h2-7,9-10H,8H2,1H3. The minimum Gasteiger partial charge on any atom is -0.329 e. The maximum Gasteiger partial charge on any atom is 0.471 e. The zero-order valence-electron chi connectivity index (χ0n) is 16.2. The van der Waals surface area contributed by atoms with Gasteiger partial charge in [0.2, 0.25) is 5.82 Å². The first-order valence-corrected chi connectivity index (χ1v) is 10.8. The van der Waals surface area contributed by atoms with Crippen LogP contribution >= 0.6 is 0 Å². The summed E-state index contributed by atoms with van der Waals surface area (Å²) in [4.78, 5) is 20.0. The van der Waals surface area contributed by atoms with Crippen molar-refractivity contribution >= 4 is 21.3 Å². The Morgan fingerprint density at radius 2 is 1.97 bits per heavy atom. The topological polar surface area (TPSA) is 103 Å². The number of halogens is 4. The van der Waals surface area contributed by atoms with Gasteiger partial charge in [-0.15, -0.1) is 0 Å². The van der Waals surface area contributed by atoms with E-state index in [4.69, 9.17) is 0 Å². The number of carbonyl (C=O) groups is 1. The van der Waals surface area contributed by atoms with Crippen LogP contribution in [-0.4, -0.2) is 35.9 Å². The minimum absolute atomic E-state index is 0.0869. The molecular formula is C19H13F4N5O3S. The Labute approximate surface area is 178 Å². The van der Waals surface area contributed by atoms with E-state index in [1.54, 1.807) is 0 Å². The number of hydrogen-bond acceptors (Lipinski definition) is 6. The predicted molar refractivity (Wildman–Crippen MR) is 103 cm³/mol. The summed E-state index contributed by atoms with van der Waals surface area (Å²) < 4.78 is 73.4. The van der Waals surface area contributed by atoms with E-state index < -0.39 is 33.5 Å². The number of benzene rings is 1. The molecule has 3 aromatic heterocycles. The quantitative estimate of drug-likeness (QED) is 0.424. The summed E-state index contributed by atoms with van der Waals surface area (Å²) in [6.07, 6.45) is -0.914. The molecule has 0 N–H and O–H groups in total. The van der Waals surface area contributed by atoms with Crippen LogP contribution in [0.3, 0.4) is 0 Å². The van der Waals surface area contributed by atoms with Gasteiger partial charge in [-0.25, -0.2) is 13.6 Å². The van der Waals surface area contributed by atoms with E-state index in [2.05, 4.69) is 24.0 Å². The van der Waals surface area contributed by atoms with Crippen molar-refractivity contribution in [3.05, 3.63) is 66.2 Å². The summed E-state index contributed by atoms with van der Waals surface area (Å²) in [5, 5.41) is 3.32. The normalized spacial score (nSPS) is 13.8. The van der Waals surface area contributed by atoms with Crippen molar-refractivity contribution in [2.24, 2.45) is 4.36 Å². The van der Waals surface area contributed by atoms with E-state index in [1.807, 2.05) is 0 Å². The SMILES string of the molecule is CS(=O)(=NC(=O)Cc1cn2cc(-c3noc(C(F)(F)F)n3)ccc2n1)c1cccc(F)c1. The Kier molecular flexibility index (Phi) is 5.28. The Bertz CT molecular complexity index is 1450. The first-order valence-electron chi connectivity index (χ1n) is 8.91. The number of pyridine rings is 1. The van der Waals surface area contributed by atoms with E-state index in [1.165, 1.54) is 53.4 Å². The molecule has 32 heavy (non-hydrogen) atoms.